The molecular formula is C24H34N4O4. The van der Waals surface area contributed by atoms with Crippen molar-refractivity contribution >= 4 is 17.8 Å². The van der Waals surface area contributed by atoms with Gasteiger partial charge in [0.15, 0.2) is 0 Å². The fourth-order valence-electron chi connectivity index (χ4n) is 6.21. The molecule has 2 aliphatic heterocycles. The first-order chi connectivity index (χ1) is 15.3. The minimum Gasteiger partial charge on any atom is -0.497 e. The van der Waals surface area contributed by atoms with Crippen molar-refractivity contribution in [1.82, 2.24) is 20.4 Å². The third-order valence-corrected chi connectivity index (χ3v) is 8.13. The Morgan fingerprint density at radius 3 is 2.34 bits per heavy atom. The number of benzene rings is 1. The number of rotatable bonds is 4. The van der Waals surface area contributed by atoms with Crippen molar-refractivity contribution in [2.45, 2.75) is 39.2 Å². The number of piperidine rings is 1. The van der Waals surface area contributed by atoms with Crippen molar-refractivity contribution in [2.75, 3.05) is 40.3 Å². The Hall–Kier alpha value is -2.77. The summed E-state index contributed by atoms with van der Waals surface area (Å²) in [4.78, 5) is 41.5. The van der Waals surface area contributed by atoms with Crippen LogP contribution < -0.4 is 15.4 Å². The topological polar surface area (TPSA) is 91.0 Å². The summed E-state index contributed by atoms with van der Waals surface area (Å²) >= 11 is 0. The smallest absolute Gasteiger partial charge is 0.317 e. The zero-order valence-corrected chi connectivity index (χ0v) is 19.3. The van der Waals surface area contributed by atoms with E-state index < -0.39 is 5.41 Å². The lowest BCUT2D eigenvalue weighted by atomic mass is 9.65. The van der Waals surface area contributed by atoms with Crippen molar-refractivity contribution < 1.29 is 19.1 Å². The van der Waals surface area contributed by atoms with E-state index in [4.69, 9.17) is 4.74 Å². The second-order valence-electron chi connectivity index (χ2n) is 9.54. The first-order valence-corrected chi connectivity index (χ1v) is 11.5. The summed E-state index contributed by atoms with van der Waals surface area (Å²) in [5, 5.41) is 5.88. The van der Waals surface area contributed by atoms with Crippen LogP contribution in [0, 0.1) is 16.7 Å². The summed E-state index contributed by atoms with van der Waals surface area (Å²) in [5.41, 5.74) is 0.553. The number of nitrogens with one attached hydrogen (secondary N) is 2. The quantitative estimate of drug-likeness (QED) is 0.746. The molecular weight excluding hydrogens is 408 g/mol. The van der Waals surface area contributed by atoms with Gasteiger partial charge in [0, 0.05) is 46.7 Å². The second kappa shape index (κ2) is 8.64. The zero-order valence-electron chi connectivity index (χ0n) is 19.3. The number of likely N-dealkylation sites (tertiary alicyclic amines) is 2. The number of fused-ring (bicyclic) bond motifs is 2. The summed E-state index contributed by atoms with van der Waals surface area (Å²) in [6.45, 7) is 4.57. The summed E-state index contributed by atoms with van der Waals surface area (Å²) in [7, 11) is 3.32. The molecule has 3 aliphatic rings. The number of methoxy groups -OCH3 is 1. The Bertz CT molecular complexity index is 878. The lowest BCUT2D eigenvalue weighted by Crippen LogP contribution is -2.51. The van der Waals surface area contributed by atoms with E-state index in [2.05, 4.69) is 10.6 Å². The normalized spacial score (nSPS) is 26.0. The monoisotopic (exact) mass is 442 g/mol. The highest BCUT2D eigenvalue weighted by atomic mass is 16.5. The maximum absolute atomic E-state index is 12.9. The highest BCUT2D eigenvalue weighted by molar-refractivity contribution is 5.86. The average molecular weight is 443 g/mol. The van der Waals surface area contributed by atoms with Gasteiger partial charge in [-0.1, -0.05) is 12.1 Å². The van der Waals surface area contributed by atoms with Gasteiger partial charge in [-0.25, -0.2) is 4.79 Å². The second-order valence-corrected chi connectivity index (χ2v) is 9.54. The van der Waals surface area contributed by atoms with E-state index in [9.17, 15) is 14.4 Å². The Morgan fingerprint density at radius 1 is 1.06 bits per heavy atom. The molecule has 2 saturated heterocycles. The van der Waals surface area contributed by atoms with Gasteiger partial charge >= 0.3 is 6.03 Å². The third kappa shape index (κ3) is 3.80. The Balaban J connectivity index is 1.38. The van der Waals surface area contributed by atoms with Crippen LogP contribution in [0.2, 0.25) is 0 Å². The molecule has 1 aromatic rings. The van der Waals surface area contributed by atoms with Crippen LogP contribution in [0.3, 0.4) is 0 Å². The molecule has 4 rings (SSSR count). The molecule has 0 unspecified atom stereocenters. The van der Waals surface area contributed by atoms with Gasteiger partial charge in [-0.15, -0.1) is 0 Å². The third-order valence-electron chi connectivity index (χ3n) is 8.13. The van der Waals surface area contributed by atoms with Gasteiger partial charge in [0.05, 0.1) is 12.5 Å². The van der Waals surface area contributed by atoms with Crippen LogP contribution in [0.4, 0.5) is 4.79 Å². The average Bonchev–Trinajstić information content (AvgIpc) is 3.35. The molecule has 8 heteroatoms. The van der Waals surface area contributed by atoms with E-state index in [1.54, 1.807) is 21.1 Å². The fraction of sp³-hybridized carbons (Fsp3) is 0.625. The molecule has 1 spiro atoms. The largest absolute Gasteiger partial charge is 0.497 e. The molecule has 0 aromatic heterocycles. The number of carbonyl (C=O) groups excluding carboxylic acids is 3. The summed E-state index contributed by atoms with van der Waals surface area (Å²) in [6.07, 6.45) is 3.54. The Morgan fingerprint density at radius 2 is 1.75 bits per heavy atom. The van der Waals surface area contributed by atoms with Gasteiger partial charge in [-0.3, -0.25) is 9.59 Å². The molecule has 2 atom stereocenters. The van der Waals surface area contributed by atoms with Gasteiger partial charge < -0.3 is 25.2 Å². The van der Waals surface area contributed by atoms with Crippen LogP contribution in [0.1, 0.15) is 38.2 Å². The van der Waals surface area contributed by atoms with Gasteiger partial charge in [-0.2, -0.15) is 0 Å². The number of carbonyl (C=O) groups is 3. The van der Waals surface area contributed by atoms with Crippen LogP contribution in [0.5, 0.6) is 5.75 Å². The maximum Gasteiger partial charge on any atom is 0.317 e. The first kappa shape index (κ1) is 22.4. The van der Waals surface area contributed by atoms with Crippen LogP contribution in [0.15, 0.2) is 24.3 Å². The number of hydrogen-bond acceptors (Lipinski definition) is 4. The Kier molecular flexibility index (Phi) is 6.05. The van der Waals surface area contributed by atoms with Crippen molar-refractivity contribution in [1.29, 1.82) is 0 Å². The van der Waals surface area contributed by atoms with Crippen molar-refractivity contribution in [3.63, 3.8) is 0 Å². The van der Waals surface area contributed by atoms with Gasteiger partial charge in [-0.05, 0) is 54.7 Å². The molecule has 2 N–H and O–H groups in total. The predicted octanol–water partition coefficient (Wildman–Crippen LogP) is 1.99. The Labute approximate surface area is 189 Å². The SMILES string of the molecule is CNC(=O)[C@@]12CCC3(CCN(C(=O)NCc4ccc(OC)cc4)CC3)[C@H]1CN(C(C)=O)C2. The molecule has 1 saturated carbocycles. The van der Waals surface area contributed by atoms with Crippen LogP contribution in [-0.2, 0) is 16.1 Å². The van der Waals surface area contributed by atoms with Crippen molar-refractivity contribution in [2.24, 2.45) is 16.7 Å². The minimum absolute atomic E-state index is 0.0173. The number of nitrogens with zero attached hydrogens (tertiary/aromatic N) is 2. The van der Waals surface area contributed by atoms with Crippen LogP contribution in [0.25, 0.3) is 0 Å². The standard InChI is InChI=1S/C24H34N4O4/c1-17(29)28-15-20-23(8-9-24(20,16-28)21(30)25-2)10-12-27(13-11-23)22(31)26-14-18-4-6-19(32-3)7-5-18/h4-7,20H,8-16H2,1-3H3,(H,25,30)(H,26,31)/t20-,24-/m1/s1. The number of urea groups is 1. The minimum atomic E-state index is -0.487. The van der Waals surface area contributed by atoms with E-state index in [1.807, 2.05) is 34.1 Å². The molecule has 4 amide bonds. The molecule has 1 aliphatic carbocycles. The first-order valence-electron chi connectivity index (χ1n) is 11.5. The summed E-state index contributed by atoms with van der Waals surface area (Å²) < 4.78 is 5.17. The molecule has 2 heterocycles. The van der Waals surface area contributed by atoms with E-state index in [0.717, 1.165) is 37.0 Å². The molecule has 1 aromatic carbocycles. The van der Waals surface area contributed by atoms with E-state index >= 15 is 0 Å². The molecule has 0 radical (unpaired) electrons. The maximum atomic E-state index is 12.9. The number of ether oxygens (including phenoxy) is 1. The highest BCUT2D eigenvalue weighted by Gasteiger charge is 2.64. The summed E-state index contributed by atoms with van der Waals surface area (Å²) in [5.74, 6) is 1.04. The number of hydrogen-bond donors (Lipinski definition) is 2. The predicted molar refractivity (Wildman–Crippen MR) is 120 cm³/mol. The lowest BCUT2D eigenvalue weighted by molar-refractivity contribution is -0.133. The molecule has 0 bridgehead atoms. The molecule has 32 heavy (non-hydrogen) atoms. The lowest BCUT2D eigenvalue weighted by Gasteiger charge is -2.44. The van der Waals surface area contributed by atoms with Crippen molar-refractivity contribution in [3.8, 4) is 5.75 Å². The van der Waals surface area contributed by atoms with Gasteiger partial charge in [0.1, 0.15) is 5.75 Å². The molecule has 8 nitrogen and oxygen atoms in total. The van der Waals surface area contributed by atoms with E-state index in [1.165, 1.54) is 0 Å². The molecule has 174 valence electrons. The number of amides is 4. The van der Waals surface area contributed by atoms with E-state index in [-0.39, 0.29) is 29.2 Å². The van der Waals surface area contributed by atoms with E-state index in [0.29, 0.717) is 32.7 Å². The summed E-state index contributed by atoms with van der Waals surface area (Å²) in [6, 6.07) is 7.61. The van der Waals surface area contributed by atoms with Gasteiger partial charge in [0.25, 0.3) is 0 Å². The van der Waals surface area contributed by atoms with Crippen LogP contribution in [-0.4, -0.2) is 68.0 Å². The fourth-order valence-corrected chi connectivity index (χ4v) is 6.21. The molecule has 3 fully saturated rings. The zero-order chi connectivity index (χ0) is 22.9. The van der Waals surface area contributed by atoms with Crippen LogP contribution >= 0.6 is 0 Å². The van der Waals surface area contributed by atoms with Gasteiger partial charge in [0.2, 0.25) is 11.8 Å². The highest BCUT2D eigenvalue weighted by Crippen LogP contribution is 2.62. The van der Waals surface area contributed by atoms with Crippen molar-refractivity contribution in [3.05, 3.63) is 29.8 Å².